The molecule has 0 amide bonds. The van der Waals surface area contributed by atoms with E-state index < -0.39 is 10.0 Å². The molecule has 3 aromatic rings. The zero-order chi connectivity index (χ0) is 18.9. The molecule has 0 bridgehead atoms. The summed E-state index contributed by atoms with van der Waals surface area (Å²) < 4.78 is 33.7. The van der Waals surface area contributed by atoms with Crippen molar-refractivity contribution >= 4 is 15.7 Å². The lowest BCUT2D eigenvalue weighted by Crippen LogP contribution is -2.15. The van der Waals surface area contributed by atoms with Crippen LogP contribution in [0, 0.1) is 20.8 Å². The van der Waals surface area contributed by atoms with Crippen molar-refractivity contribution in [2.24, 2.45) is 0 Å². The van der Waals surface area contributed by atoms with Gasteiger partial charge >= 0.3 is 0 Å². The number of sulfonamides is 1. The van der Waals surface area contributed by atoms with Crippen LogP contribution in [-0.4, -0.2) is 18.6 Å². The smallest absolute Gasteiger partial charge is 0.262 e. The van der Waals surface area contributed by atoms with Crippen molar-refractivity contribution in [2.45, 2.75) is 39.0 Å². The van der Waals surface area contributed by atoms with E-state index in [0.717, 1.165) is 11.1 Å². The number of hydrogen-bond acceptors (Lipinski definition) is 5. The van der Waals surface area contributed by atoms with E-state index >= 15 is 0 Å². The van der Waals surface area contributed by atoms with Crippen molar-refractivity contribution in [1.82, 2.24) is 10.1 Å². The number of nitrogens with one attached hydrogen (secondary N) is 1. The van der Waals surface area contributed by atoms with Crippen molar-refractivity contribution in [3.63, 3.8) is 0 Å². The number of benzene rings is 2. The number of aryl methyl sites for hydroxylation is 3. The van der Waals surface area contributed by atoms with Gasteiger partial charge in [0.1, 0.15) is 0 Å². The minimum atomic E-state index is -3.75. The van der Waals surface area contributed by atoms with Crippen LogP contribution in [0.1, 0.15) is 29.5 Å². The molecule has 1 aromatic heterocycles. The third-order valence-electron chi connectivity index (χ3n) is 4.36. The average Bonchev–Trinajstić information content (AvgIpc) is 3.08. The number of anilines is 1. The first-order chi connectivity index (χ1) is 12.3. The highest BCUT2D eigenvalue weighted by Crippen LogP contribution is 2.27. The zero-order valence-electron chi connectivity index (χ0n) is 15.2. The second-order valence-corrected chi connectivity index (χ2v) is 7.85. The van der Waals surface area contributed by atoms with Gasteiger partial charge in [-0.05, 0) is 49.6 Å². The molecule has 6 nitrogen and oxygen atoms in total. The van der Waals surface area contributed by atoms with Crippen LogP contribution in [0.5, 0.6) is 0 Å². The molecule has 0 aliphatic carbocycles. The first-order valence-corrected chi connectivity index (χ1v) is 9.82. The van der Waals surface area contributed by atoms with E-state index in [1.54, 1.807) is 31.2 Å². The van der Waals surface area contributed by atoms with Gasteiger partial charge in [0.25, 0.3) is 10.0 Å². The fourth-order valence-electron chi connectivity index (χ4n) is 2.61. The molecule has 0 atom stereocenters. The first kappa shape index (κ1) is 18.1. The van der Waals surface area contributed by atoms with Crippen molar-refractivity contribution in [3.8, 4) is 11.4 Å². The van der Waals surface area contributed by atoms with Crippen LogP contribution in [0.2, 0.25) is 0 Å². The number of rotatable bonds is 5. The number of hydrogen-bond donors (Lipinski definition) is 1. The third kappa shape index (κ3) is 3.48. The molecule has 0 unspecified atom stereocenters. The van der Waals surface area contributed by atoms with Gasteiger partial charge in [-0.3, -0.25) is 4.72 Å². The summed E-state index contributed by atoms with van der Waals surface area (Å²) in [7, 11) is -3.75. The maximum absolute atomic E-state index is 13.0. The quantitative estimate of drug-likeness (QED) is 0.732. The van der Waals surface area contributed by atoms with Gasteiger partial charge in [0.2, 0.25) is 11.7 Å². The minimum Gasteiger partial charge on any atom is -0.339 e. The fourth-order valence-corrected chi connectivity index (χ4v) is 4.00. The molecule has 0 saturated heterocycles. The largest absolute Gasteiger partial charge is 0.339 e. The Hall–Kier alpha value is -2.67. The Balaban J connectivity index is 2.01. The Morgan fingerprint density at radius 3 is 2.54 bits per heavy atom. The molecule has 0 spiro atoms. The molecule has 7 heteroatoms. The molecule has 1 N–H and O–H groups in total. The summed E-state index contributed by atoms with van der Waals surface area (Å²) in [5.41, 5.74) is 3.74. The SMILES string of the molecule is CCc1nc(-c2ccc(C)c(S(=O)(=O)Nc3cccc(C)c3C)c2)no1. The van der Waals surface area contributed by atoms with Crippen LogP contribution < -0.4 is 4.72 Å². The fraction of sp³-hybridized carbons (Fsp3) is 0.263. The van der Waals surface area contributed by atoms with Gasteiger partial charge in [0.05, 0.1) is 10.6 Å². The topological polar surface area (TPSA) is 85.1 Å². The van der Waals surface area contributed by atoms with Crippen LogP contribution in [0.15, 0.2) is 45.8 Å². The van der Waals surface area contributed by atoms with Crippen LogP contribution in [0.4, 0.5) is 5.69 Å². The molecule has 0 fully saturated rings. The highest BCUT2D eigenvalue weighted by atomic mass is 32.2. The Kier molecular flexibility index (Phi) is 4.82. The summed E-state index contributed by atoms with van der Waals surface area (Å²) >= 11 is 0. The molecular formula is C19H21N3O3S. The monoisotopic (exact) mass is 371 g/mol. The van der Waals surface area contributed by atoms with Crippen LogP contribution in [0.3, 0.4) is 0 Å². The summed E-state index contributed by atoms with van der Waals surface area (Å²) in [6.07, 6.45) is 0.623. The lowest BCUT2D eigenvalue weighted by atomic mass is 10.1. The van der Waals surface area contributed by atoms with Crippen molar-refractivity contribution in [2.75, 3.05) is 4.72 Å². The Bertz CT molecular complexity index is 1060. The van der Waals surface area contributed by atoms with E-state index in [1.807, 2.05) is 32.9 Å². The summed E-state index contributed by atoms with van der Waals surface area (Å²) in [6, 6.07) is 10.6. The van der Waals surface area contributed by atoms with Gasteiger partial charge < -0.3 is 4.52 Å². The molecular weight excluding hydrogens is 350 g/mol. The average molecular weight is 371 g/mol. The molecule has 26 heavy (non-hydrogen) atoms. The van der Waals surface area contributed by atoms with E-state index in [1.165, 1.54) is 0 Å². The van der Waals surface area contributed by atoms with E-state index in [4.69, 9.17) is 4.52 Å². The summed E-state index contributed by atoms with van der Waals surface area (Å²) in [5.74, 6) is 0.892. The van der Waals surface area contributed by atoms with Crippen LogP contribution in [-0.2, 0) is 16.4 Å². The second kappa shape index (κ2) is 6.92. The van der Waals surface area contributed by atoms with E-state index in [-0.39, 0.29) is 4.90 Å². The number of nitrogens with zero attached hydrogens (tertiary/aromatic N) is 2. The van der Waals surface area contributed by atoms with Gasteiger partial charge in [0, 0.05) is 12.0 Å². The summed E-state index contributed by atoms with van der Waals surface area (Å²) in [4.78, 5) is 4.46. The molecule has 0 aliphatic rings. The Labute approximate surface area is 153 Å². The third-order valence-corrected chi connectivity index (χ3v) is 5.86. The second-order valence-electron chi connectivity index (χ2n) is 6.20. The zero-order valence-corrected chi connectivity index (χ0v) is 16.0. The number of aromatic nitrogens is 2. The molecule has 3 rings (SSSR count). The van der Waals surface area contributed by atoms with E-state index in [9.17, 15) is 8.42 Å². The predicted molar refractivity (Wildman–Crippen MR) is 101 cm³/mol. The Morgan fingerprint density at radius 1 is 1.08 bits per heavy atom. The lowest BCUT2D eigenvalue weighted by molar-refractivity contribution is 0.383. The van der Waals surface area contributed by atoms with Gasteiger partial charge in [-0.1, -0.05) is 36.3 Å². The molecule has 1 heterocycles. The summed E-state index contributed by atoms with van der Waals surface area (Å²) in [6.45, 7) is 7.51. The maximum Gasteiger partial charge on any atom is 0.262 e. The lowest BCUT2D eigenvalue weighted by Gasteiger charge is -2.14. The van der Waals surface area contributed by atoms with Crippen LogP contribution >= 0.6 is 0 Å². The van der Waals surface area contributed by atoms with Gasteiger partial charge in [-0.15, -0.1) is 0 Å². The summed E-state index contributed by atoms with van der Waals surface area (Å²) in [5, 5.41) is 3.92. The van der Waals surface area contributed by atoms with Crippen molar-refractivity contribution in [3.05, 3.63) is 59.0 Å². The highest BCUT2D eigenvalue weighted by molar-refractivity contribution is 7.92. The van der Waals surface area contributed by atoms with E-state index in [0.29, 0.717) is 35.0 Å². The normalized spacial score (nSPS) is 11.5. The van der Waals surface area contributed by atoms with Gasteiger partial charge in [-0.2, -0.15) is 4.98 Å². The van der Waals surface area contributed by atoms with Crippen molar-refractivity contribution in [1.29, 1.82) is 0 Å². The minimum absolute atomic E-state index is 0.193. The van der Waals surface area contributed by atoms with Gasteiger partial charge in [0.15, 0.2) is 0 Å². The van der Waals surface area contributed by atoms with Crippen molar-refractivity contribution < 1.29 is 12.9 Å². The predicted octanol–water partition coefficient (Wildman–Crippen LogP) is 4.03. The maximum atomic E-state index is 13.0. The highest BCUT2D eigenvalue weighted by Gasteiger charge is 2.20. The standard InChI is InChI=1S/C19H21N3O3S/c1-5-18-20-19(21-25-18)15-10-9-13(3)17(11-15)26(23,24)22-16-8-6-7-12(2)14(16)4/h6-11,22H,5H2,1-4H3. The van der Waals surface area contributed by atoms with E-state index in [2.05, 4.69) is 14.9 Å². The molecule has 136 valence electrons. The molecule has 2 aromatic carbocycles. The Morgan fingerprint density at radius 2 is 1.85 bits per heavy atom. The first-order valence-electron chi connectivity index (χ1n) is 8.34. The van der Waals surface area contributed by atoms with Crippen LogP contribution in [0.25, 0.3) is 11.4 Å². The molecule has 0 aliphatic heterocycles. The molecule has 0 radical (unpaired) electrons. The molecule has 0 saturated carbocycles. The van der Waals surface area contributed by atoms with Gasteiger partial charge in [-0.25, -0.2) is 8.42 Å².